The van der Waals surface area contributed by atoms with Gasteiger partial charge in [-0.15, -0.1) is 12.4 Å². The Hall–Kier alpha value is -0.770. The molecule has 1 aliphatic rings. The largest absolute Gasteiger partial charge is 0.399 e. The summed E-state index contributed by atoms with van der Waals surface area (Å²) in [7, 11) is 1.53. The Morgan fingerprint density at radius 1 is 1.82 bits per heavy atom. The fourth-order valence-electron chi connectivity index (χ4n) is 0.763. The first kappa shape index (κ1) is 10.2. The maximum absolute atomic E-state index is 4.52. The third-order valence-electron chi connectivity index (χ3n) is 1.28. The van der Waals surface area contributed by atoms with Crippen molar-refractivity contribution in [3.8, 4) is 0 Å². The van der Waals surface area contributed by atoms with Gasteiger partial charge < -0.3 is 10.2 Å². The number of aliphatic imine (C=N–C) groups is 1. The summed E-state index contributed by atoms with van der Waals surface area (Å²) in [6.45, 7) is 0.962. The summed E-state index contributed by atoms with van der Waals surface area (Å²) in [6.07, 6.45) is 4.40. The number of hydrogen-bond donors (Lipinski definition) is 1. The van der Waals surface area contributed by atoms with Gasteiger partial charge in [0.05, 0.1) is 18.6 Å². The van der Waals surface area contributed by atoms with Crippen LogP contribution in [0.25, 0.3) is 0 Å². The standard InChI is InChI=1S/C6H11N3O.ClH/c1-10-9-4-6-2-3-7-5-8-6;/h4-6H,2-3H2,1H3,(H,7,8);1H. The van der Waals surface area contributed by atoms with Crippen LogP contribution in [0, 0.1) is 0 Å². The fraction of sp³-hybridized carbons (Fsp3) is 0.667. The van der Waals surface area contributed by atoms with E-state index in [9.17, 15) is 0 Å². The number of hydrogen-bond acceptors (Lipinski definition) is 4. The zero-order chi connectivity index (χ0) is 7.23. The van der Waals surface area contributed by atoms with E-state index >= 15 is 0 Å². The molecule has 1 unspecified atom stereocenters. The summed E-state index contributed by atoms with van der Waals surface area (Å²) < 4.78 is 0. The Kier molecular flexibility index (Phi) is 5.56. The number of nitrogens with zero attached hydrogens (tertiary/aromatic N) is 2. The van der Waals surface area contributed by atoms with Crippen LogP contribution in [0.2, 0.25) is 0 Å². The number of oxime groups is 1. The molecule has 11 heavy (non-hydrogen) atoms. The summed E-state index contributed by atoms with van der Waals surface area (Å²) in [5.74, 6) is 0. The molecule has 0 saturated heterocycles. The summed E-state index contributed by atoms with van der Waals surface area (Å²) >= 11 is 0. The molecule has 0 saturated carbocycles. The first-order valence-electron chi connectivity index (χ1n) is 3.25. The molecule has 1 atom stereocenters. The maximum atomic E-state index is 4.52. The second-order valence-electron chi connectivity index (χ2n) is 2.03. The molecule has 64 valence electrons. The Morgan fingerprint density at radius 3 is 3.18 bits per heavy atom. The van der Waals surface area contributed by atoms with Crippen LogP contribution in [-0.2, 0) is 4.84 Å². The van der Waals surface area contributed by atoms with Crippen molar-refractivity contribution in [1.29, 1.82) is 0 Å². The summed E-state index contributed by atoms with van der Waals surface area (Å²) in [5.41, 5.74) is 0. The normalized spacial score (nSPS) is 22.5. The van der Waals surface area contributed by atoms with Crippen LogP contribution in [0.3, 0.4) is 0 Å². The van der Waals surface area contributed by atoms with E-state index in [4.69, 9.17) is 0 Å². The van der Waals surface area contributed by atoms with E-state index in [1.54, 1.807) is 12.6 Å². The molecule has 5 heteroatoms. The summed E-state index contributed by atoms with van der Waals surface area (Å²) in [6, 6.07) is 0.196. The van der Waals surface area contributed by atoms with Crippen molar-refractivity contribution in [2.75, 3.05) is 13.7 Å². The predicted molar refractivity (Wildman–Crippen MR) is 47.6 cm³/mol. The van der Waals surface area contributed by atoms with Crippen molar-refractivity contribution in [2.45, 2.75) is 12.5 Å². The highest BCUT2D eigenvalue weighted by Crippen LogP contribution is 1.95. The van der Waals surface area contributed by atoms with Gasteiger partial charge in [-0.1, -0.05) is 5.16 Å². The zero-order valence-electron chi connectivity index (χ0n) is 6.36. The van der Waals surface area contributed by atoms with Gasteiger partial charge in [0.1, 0.15) is 7.11 Å². The molecule has 0 bridgehead atoms. The highest BCUT2D eigenvalue weighted by atomic mass is 35.5. The van der Waals surface area contributed by atoms with Gasteiger partial charge in [0.15, 0.2) is 0 Å². The van der Waals surface area contributed by atoms with Crippen LogP contribution < -0.4 is 5.32 Å². The molecule has 0 aliphatic carbocycles. The van der Waals surface area contributed by atoms with E-state index in [1.165, 1.54) is 7.11 Å². The summed E-state index contributed by atoms with van der Waals surface area (Å²) in [4.78, 5) is 8.62. The van der Waals surface area contributed by atoms with E-state index in [-0.39, 0.29) is 18.4 Å². The monoisotopic (exact) mass is 177 g/mol. The lowest BCUT2D eigenvalue weighted by Gasteiger charge is -2.11. The average Bonchev–Trinajstić information content (AvgIpc) is 2.03. The molecule has 0 amide bonds. The first-order valence-corrected chi connectivity index (χ1v) is 3.25. The van der Waals surface area contributed by atoms with Crippen molar-refractivity contribution in [1.82, 2.24) is 5.32 Å². The van der Waals surface area contributed by atoms with Gasteiger partial charge in [-0.3, -0.25) is 4.99 Å². The van der Waals surface area contributed by atoms with Crippen LogP contribution in [0.5, 0.6) is 0 Å². The van der Waals surface area contributed by atoms with Crippen molar-refractivity contribution in [3.63, 3.8) is 0 Å². The van der Waals surface area contributed by atoms with Crippen LogP contribution in [-0.4, -0.2) is 32.2 Å². The van der Waals surface area contributed by atoms with Gasteiger partial charge in [0, 0.05) is 6.54 Å². The molecule has 1 aliphatic heterocycles. The lowest BCUT2D eigenvalue weighted by Crippen LogP contribution is -2.25. The molecule has 0 aromatic heterocycles. The molecule has 0 radical (unpaired) electrons. The van der Waals surface area contributed by atoms with Gasteiger partial charge >= 0.3 is 0 Å². The topological polar surface area (TPSA) is 46.0 Å². The van der Waals surface area contributed by atoms with Crippen molar-refractivity contribution in [2.24, 2.45) is 10.1 Å². The number of rotatable bonds is 2. The zero-order valence-corrected chi connectivity index (χ0v) is 7.17. The highest BCUT2D eigenvalue weighted by Gasteiger charge is 2.04. The van der Waals surface area contributed by atoms with Crippen molar-refractivity contribution < 1.29 is 4.84 Å². The first-order chi connectivity index (χ1) is 4.93. The lowest BCUT2D eigenvalue weighted by molar-refractivity contribution is 0.214. The number of halogens is 1. The number of nitrogens with one attached hydrogen (secondary N) is 1. The van der Waals surface area contributed by atoms with Crippen LogP contribution in [0.15, 0.2) is 10.1 Å². The predicted octanol–water partition coefficient (Wildman–Crippen LogP) is 0.431. The Labute approximate surface area is 72.1 Å². The van der Waals surface area contributed by atoms with Crippen LogP contribution >= 0.6 is 12.4 Å². The minimum atomic E-state index is 0. The van der Waals surface area contributed by atoms with E-state index in [1.807, 2.05) is 0 Å². The van der Waals surface area contributed by atoms with Gasteiger partial charge in [0.25, 0.3) is 0 Å². The molecule has 0 aromatic carbocycles. The fourth-order valence-corrected chi connectivity index (χ4v) is 0.763. The molecular formula is C6H12ClN3O. The van der Waals surface area contributed by atoms with E-state index in [2.05, 4.69) is 20.3 Å². The van der Waals surface area contributed by atoms with Crippen LogP contribution in [0.4, 0.5) is 0 Å². The molecule has 1 heterocycles. The van der Waals surface area contributed by atoms with Crippen molar-refractivity contribution >= 4 is 25.0 Å². The molecule has 0 spiro atoms. The Morgan fingerprint density at radius 2 is 2.64 bits per heavy atom. The molecule has 1 rings (SSSR count). The van der Waals surface area contributed by atoms with E-state index in [0.29, 0.717) is 0 Å². The third kappa shape index (κ3) is 3.83. The van der Waals surface area contributed by atoms with E-state index in [0.717, 1.165) is 13.0 Å². The second-order valence-corrected chi connectivity index (χ2v) is 2.03. The molecular weight excluding hydrogens is 166 g/mol. The maximum Gasteiger partial charge on any atom is 0.106 e. The van der Waals surface area contributed by atoms with Gasteiger partial charge in [-0.05, 0) is 6.42 Å². The highest BCUT2D eigenvalue weighted by molar-refractivity contribution is 5.85. The minimum Gasteiger partial charge on any atom is -0.399 e. The molecule has 0 fully saturated rings. The second kappa shape index (κ2) is 5.97. The lowest BCUT2D eigenvalue weighted by atomic mass is 10.2. The Balaban J connectivity index is 0.000001000. The van der Waals surface area contributed by atoms with Gasteiger partial charge in [-0.2, -0.15) is 0 Å². The SMILES string of the molecule is CON=CC1CCNC=N1.Cl. The third-order valence-corrected chi connectivity index (χ3v) is 1.28. The van der Waals surface area contributed by atoms with E-state index < -0.39 is 0 Å². The van der Waals surface area contributed by atoms with Crippen LogP contribution in [0.1, 0.15) is 6.42 Å². The van der Waals surface area contributed by atoms with Gasteiger partial charge in [-0.25, -0.2) is 0 Å². The smallest absolute Gasteiger partial charge is 0.106 e. The summed E-state index contributed by atoms with van der Waals surface area (Å²) in [5, 5.41) is 6.63. The molecule has 4 nitrogen and oxygen atoms in total. The van der Waals surface area contributed by atoms with Crippen molar-refractivity contribution in [3.05, 3.63) is 0 Å². The minimum absolute atomic E-state index is 0. The molecule has 0 aromatic rings. The van der Waals surface area contributed by atoms with Gasteiger partial charge in [0.2, 0.25) is 0 Å². The molecule has 1 N–H and O–H groups in total. The quantitative estimate of drug-likeness (QED) is 0.491. The average molecular weight is 178 g/mol. The Bertz CT molecular complexity index is 149.